The molecular formula is C12H13N3O3. The van der Waals surface area contributed by atoms with Crippen molar-refractivity contribution in [2.45, 2.75) is 31.2 Å². The van der Waals surface area contributed by atoms with E-state index in [1.807, 2.05) is 4.90 Å². The molecule has 3 rings (SSSR count). The van der Waals surface area contributed by atoms with Crippen molar-refractivity contribution in [3.63, 3.8) is 0 Å². The molecule has 1 N–H and O–H groups in total. The van der Waals surface area contributed by atoms with Gasteiger partial charge in [0.25, 0.3) is 5.91 Å². The highest BCUT2D eigenvalue weighted by atomic mass is 16.4. The van der Waals surface area contributed by atoms with Crippen molar-refractivity contribution >= 4 is 11.9 Å². The van der Waals surface area contributed by atoms with Crippen LogP contribution in [0, 0.1) is 0 Å². The molecule has 0 unspecified atom stereocenters. The van der Waals surface area contributed by atoms with E-state index in [-0.39, 0.29) is 22.8 Å². The highest BCUT2D eigenvalue weighted by molar-refractivity contribution is 5.94. The first kappa shape index (κ1) is 11.1. The minimum absolute atomic E-state index is 0.0736. The molecule has 18 heavy (non-hydrogen) atoms. The number of carboxylic acids is 1. The lowest BCUT2D eigenvalue weighted by atomic mass is 9.68. The Kier molecular flexibility index (Phi) is 2.33. The summed E-state index contributed by atoms with van der Waals surface area (Å²) in [5.74, 6) is -1.27. The molecule has 2 heterocycles. The number of aromatic carboxylic acids is 1. The Labute approximate surface area is 104 Å². The summed E-state index contributed by atoms with van der Waals surface area (Å²) >= 11 is 0. The number of hydrogen-bond donors (Lipinski definition) is 1. The third-order valence-corrected chi connectivity index (χ3v) is 3.99. The molecule has 94 valence electrons. The van der Waals surface area contributed by atoms with Crippen molar-refractivity contribution in [2.24, 2.45) is 0 Å². The predicted octanol–water partition coefficient (Wildman–Crippen LogP) is 0.943. The fourth-order valence-electron chi connectivity index (χ4n) is 2.65. The van der Waals surface area contributed by atoms with Gasteiger partial charge in [0.1, 0.15) is 5.69 Å². The number of amides is 1. The molecule has 6 nitrogen and oxygen atoms in total. The molecule has 1 spiro atoms. The lowest BCUT2D eigenvalue weighted by Crippen LogP contribution is -2.65. The van der Waals surface area contributed by atoms with Crippen LogP contribution in [-0.2, 0) is 0 Å². The van der Waals surface area contributed by atoms with Crippen LogP contribution in [0.5, 0.6) is 0 Å². The van der Waals surface area contributed by atoms with E-state index in [4.69, 9.17) is 5.11 Å². The van der Waals surface area contributed by atoms with E-state index in [0.717, 1.165) is 32.0 Å². The van der Waals surface area contributed by atoms with Gasteiger partial charge in [0.15, 0.2) is 5.69 Å². The second-order valence-electron chi connectivity index (χ2n) is 4.88. The average molecular weight is 247 g/mol. The maximum Gasteiger partial charge on any atom is 0.356 e. The van der Waals surface area contributed by atoms with E-state index in [0.29, 0.717) is 0 Å². The van der Waals surface area contributed by atoms with Crippen molar-refractivity contribution < 1.29 is 14.7 Å². The maximum absolute atomic E-state index is 12.2. The van der Waals surface area contributed by atoms with Gasteiger partial charge in [-0.2, -0.15) is 0 Å². The Bertz CT molecular complexity index is 502. The lowest BCUT2D eigenvalue weighted by molar-refractivity contribution is -0.0491. The van der Waals surface area contributed by atoms with E-state index in [9.17, 15) is 9.59 Å². The second kappa shape index (κ2) is 3.76. The van der Waals surface area contributed by atoms with Crippen molar-refractivity contribution in [2.75, 3.05) is 6.54 Å². The third-order valence-electron chi connectivity index (χ3n) is 3.99. The standard InChI is InChI=1S/C12H13N3O3/c16-10(15-5-4-12(15)2-1-3-12)8-6-14-9(7-13-8)11(17)18/h6-7H,1-5H2,(H,17,18). The molecule has 1 amide bonds. The number of carboxylic acid groups (broad SMARTS) is 1. The first-order chi connectivity index (χ1) is 8.62. The van der Waals surface area contributed by atoms with Crippen LogP contribution in [0.4, 0.5) is 0 Å². The first-order valence-corrected chi connectivity index (χ1v) is 6.00. The summed E-state index contributed by atoms with van der Waals surface area (Å²) in [7, 11) is 0. The molecule has 1 aliphatic carbocycles. The summed E-state index contributed by atoms with van der Waals surface area (Å²) < 4.78 is 0. The van der Waals surface area contributed by atoms with Gasteiger partial charge >= 0.3 is 5.97 Å². The number of carbonyl (C=O) groups excluding carboxylic acids is 1. The zero-order valence-corrected chi connectivity index (χ0v) is 9.80. The number of aromatic nitrogens is 2. The topological polar surface area (TPSA) is 83.4 Å². The van der Waals surface area contributed by atoms with Crippen molar-refractivity contribution in [1.82, 2.24) is 14.9 Å². The van der Waals surface area contributed by atoms with Crippen LogP contribution in [0.3, 0.4) is 0 Å². The molecule has 2 fully saturated rings. The Morgan fingerprint density at radius 3 is 2.22 bits per heavy atom. The van der Waals surface area contributed by atoms with E-state index < -0.39 is 5.97 Å². The molecule has 0 atom stereocenters. The summed E-state index contributed by atoms with van der Waals surface area (Å²) in [6.45, 7) is 0.765. The van der Waals surface area contributed by atoms with Crippen molar-refractivity contribution in [3.8, 4) is 0 Å². The largest absolute Gasteiger partial charge is 0.476 e. The van der Waals surface area contributed by atoms with Crippen LogP contribution in [-0.4, -0.2) is 43.9 Å². The van der Waals surface area contributed by atoms with Gasteiger partial charge in [-0.15, -0.1) is 0 Å². The highest BCUT2D eigenvalue weighted by Gasteiger charge is 2.51. The Morgan fingerprint density at radius 2 is 1.83 bits per heavy atom. The molecule has 1 aliphatic heterocycles. The minimum Gasteiger partial charge on any atom is -0.476 e. The molecule has 1 aromatic rings. The van der Waals surface area contributed by atoms with Crippen LogP contribution < -0.4 is 0 Å². The van der Waals surface area contributed by atoms with Gasteiger partial charge in [0.2, 0.25) is 0 Å². The fourth-order valence-corrected chi connectivity index (χ4v) is 2.65. The summed E-state index contributed by atoms with van der Waals surface area (Å²) in [4.78, 5) is 32.3. The van der Waals surface area contributed by atoms with Gasteiger partial charge in [0, 0.05) is 12.1 Å². The van der Waals surface area contributed by atoms with Gasteiger partial charge in [-0.25, -0.2) is 14.8 Å². The van der Waals surface area contributed by atoms with Gasteiger partial charge in [-0.05, 0) is 25.7 Å². The predicted molar refractivity (Wildman–Crippen MR) is 61.2 cm³/mol. The summed E-state index contributed by atoms with van der Waals surface area (Å²) in [6.07, 6.45) is 6.75. The summed E-state index contributed by atoms with van der Waals surface area (Å²) in [5.41, 5.74) is 0.157. The van der Waals surface area contributed by atoms with Gasteiger partial charge in [0.05, 0.1) is 12.4 Å². The highest BCUT2D eigenvalue weighted by Crippen LogP contribution is 2.47. The van der Waals surface area contributed by atoms with Gasteiger partial charge < -0.3 is 10.0 Å². The SMILES string of the molecule is O=C(O)c1cnc(C(=O)N2CCC23CCC3)cn1. The zero-order chi connectivity index (χ0) is 12.8. The number of rotatable bonds is 2. The molecule has 2 aliphatic rings. The molecule has 6 heteroatoms. The minimum atomic E-state index is -1.14. The monoisotopic (exact) mass is 247 g/mol. The normalized spacial score (nSPS) is 20.1. The second-order valence-corrected chi connectivity index (χ2v) is 4.88. The number of hydrogen-bond acceptors (Lipinski definition) is 4. The van der Waals surface area contributed by atoms with E-state index in [2.05, 4.69) is 9.97 Å². The van der Waals surface area contributed by atoms with Gasteiger partial charge in [-0.3, -0.25) is 4.79 Å². The summed E-state index contributed by atoms with van der Waals surface area (Å²) in [5, 5.41) is 8.71. The van der Waals surface area contributed by atoms with E-state index in [1.165, 1.54) is 12.6 Å². The Hall–Kier alpha value is -1.98. The molecule has 1 aromatic heterocycles. The lowest BCUT2D eigenvalue weighted by Gasteiger charge is -2.58. The number of nitrogens with zero attached hydrogens (tertiary/aromatic N) is 3. The maximum atomic E-state index is 12.2. The number of likely N-dealkylation sites (tertiary alicyclic amines) is 1. The molecule has 1 saturated heterocycles. The van der Waals surface area contributed by atoms with Crippen LogP contribution >= 0.6 is 0 Å². The average Bonchev–Trinajstić information content (AvgIpc) is 2.25. The van der Waals surface area contributed by atoms with Crippen LogP contribution in [0.2, 0.25) is 0 Å². The molecule has 0 radical (unpaired) electrons. The van der Waals surface area contributed by atoms with Crippen molar-refractivity contribution in [3.05, 3.63) is 23.8 Å². The first-order valence-electron chi connectivity index (χ1n) is 6.00. The van der Waals surface area contributed by atoms with Crippen molar-refractivity contribution in [1.29, 1.82) is 0 Å². The number of carbonyl (C=O) groups is 2. The summed E-state index contributed by atoms with van der Waals surface area (Å²) in [6, 6.07) is 0. The fraction of sp³-hybridized carbons (Fsp3) is 0.500. The molecule has 0 bridgehead atoms. The molecule has 0 aromatic carbocycles. The third kappa shape index (κ3) is 1.48. The van der Waals surface area contributed by atoms with E-state index in [1.54, 1.807) is 0 Å². The molecule has 1 saturated carbocycles. The smallest absolute Gasteiger partial charge is 0.356 e. The Morgan fingerprint density at radius 1 is 1.17 bits per heavy atom. The molecular weight excluding hydrogens is 234 g/mol. The quantitative estimate of drug-likeness (QED) is 0.841. The van der Waals surface area contributed by atoms with Crippen LogP contribution in [0.25, 0.3) is 0 Å². The van der Waals surface area contributed by atoms with Gasteiger partial charge in [-0.1, -0.05) is 0 Å². The van der Waals surface area contributed by atoms with Crippen LogP contribution in [0.15, 0.2) is 12.4 Å². The van der Waals surface area contributed by atoms with Crippen LogP contribution in [0.1, 0.15) is 46.7 Å². The Balaban J connectivity index is 1.78. The zero-order valence-electron chi connectivity index (χ0n) is 9.80. The van der Waals surface area contributed by atoms with E-state index >= 15 is 0 Å².